The first-order chi connectivity index (χ1) is 9.65. The van der Waals surface area contributed by atoms with E-state index in [0.29, 0.717) is 21.8 Å². The van der Waals surface area contributed by atoms with E-state index in [1.54, 1.807) is 35.7 Å². The van der Waals surface area contributed by atoms with Crippen LogP contribution in [0.4, 0.5) is 4.39 Å². The number of hydrogen-bond donors (Lipinski definition) is 1. The van der Waals surface area contributed by atoms with Crippen LogP contribution in [-0.4, -0.2) is 10.1 Å². The quantitative estimate of drug-likeness (QED) is 0.699. The van der Waals surface area contributed by atoms with Gasteiger partial charge in [-0.2, -0.15) is 0 Å². The highest BCUT2D eigenvalue weighted by molar-refractivity contribution is 9.10. The number of aromatic nitrogens is 1. The van der Waals surface area contributed by atoms with E-state index < -0.39 is 0 Å². The minimum atomic E-state index is -0.317. The third kappa shape index (κ3) is 2.46. The highest BCUT2D eigenvalue weighted by Crippen LogP contribution is 2.35. The summed E-state index contributed by atoms with van der Waals surface area (Å²) in [6.45, 7) is 0. The normalized spacial score (nSPS) is 10.7. The molecule has 0 bridgehead atoms. The lowest BCUT2D eigenvalue weighted by Gasteiger charge is -2.01. The average molecular weight is 350 g/mol. The van der Waals surface area contributed by atoms with Gasteiger partial charge in [-0.1, -0.05) is 28.1 Å². The Kier molecular flexibility index (Phi) is 3.54. The van der Waals surface area contributed by atoms with Crippen LogP contribution in [0.15, 0.2) is 52.3 Å². The van der Waals surface area contributed by atoms with Crippen LogP contribution in [-0.2, 0) is 0 Å². The van der Waals surface area contributed by atoms with Crippen molar-refractivity contribution in [1.29, 1.82) is 0 Å². The maximum atomic E-state index is 13.8. The van der Waals surface area contributed by atoms with Crippen LogP contribution in [0, 0.1) is 5.82 Å². The molecule has 0 atom stereocenters. The van der Waals surface area contributed by atoms with Gasteiger partial charge in [-0.05, 0) is 30.3 Å². The zero-order chi connectivity index (χ0) is 14.1. The van der Waals surface area contributed by atoms with Gasteiger partial charge in [0, 0.05) is 15.4 Å². The predicted octanol–water partition coefficient (Wildman–Crippen LogP) is 5.08. The molecule has 3 aromatic rings. The fraction of sp³-hybridized carbons (Fsp3) is 0. The number of rotatable bonds is 2. The summed E-state index contributed by atoms with van der Waals surface area (Å²) in [4.78, 5) is 4.41. The second-order valence-corrected chi connectivity index (χ2v) is 5.95. The lowest BCUT2D eigenvalue weighted by atomic mass is 10.1. The largest absolute Gasteiger partial charge is 0.507 e. The number of phenols is 1. The summed E-state index contributed by atoms with van der Waals surface area (Å²) < 4.78 is 14.6. The molecule has 0 saturated heterocycles. The smallest absolute Gasteiger partial charge is 0.132 e. The molecule has 3 rings (SSSR count). The molecule has 5 heteroatoms. The number of thiazole rings is 1. The molecule has 20 heavy (non-hydrogen) atoms. The Hall–Kier alpha value is -1.72. The number of aromatic hydroxyl groups is 1. The molecule has 0 aliphatic carbocycles. The number of phenolic OH excluding ortho intramolecular Hbond substituents is 1. The van der Waals surface area contributed by atoms with Crippen LogP contribution in [0.2, 0.25) is 0 Å². The van der Waals surface area contributed by atoms with Crippen molar-refractivity contribution < 1.29 is 9.50 Å². The van der Waals surface area contributed by atoms with E-state index in [0.717, 1.165) is 4.47 Å². The summed E-state index contributed by atoms with van der Waals surface area (Å²) >= 11 is 4.70. The zero-order valence-electron chi connectivity index (χ0n) is 10.2. The fourth-order valence-electron chi connectivity index (χ4n) is 1.87. The first kappa shape index (κ1) is 13.3. The van der Waals surface area contributed by atoms with Crippen LogP contribution in [0.1, 0.15) is 0 Å². The standard InChI is InChI=1S/C15H9BrFNOS/c16-9-5-6-12(17)11(7-9)13-8-20-15(18-13)10-3-1-2-4-14(10)19/h1-8,19H. The number of benzene rings is 2. The average Bonchev–Trinajstić information content (AvgIpc) is 2.91. The summed E-state index contributed by atoms with van der Waals surface area (Å²) in [5.41, 5.74) is 1.66. The summed E-state index contributed by atoms with van der Waals surface area (Å²) in [5.74, 6) is -0.148. The molecule has 0 amide bonds. The van der Waals surface area contributed by atoms with Gasteiger partial charge in [0.15, 0.2) is 0 Å². The van der Waals surface area contributed by atoms with Crippen LogP contribution >= 0.6 is 27.3 Å². The Morgan fingerprint density at radius 3 is 2.70 bits per heavy atom. The van der Waals surface area contributed by atoms with Crippen LogP contribution in [0.5, 0.6) is 5.75 Å². The maximum absolute atomic E-state index is 13.8. The summed E-state index contributed by atoms with van der Waals surface area (Å²) in [5, 5.41) is 12.3. The Balaban J connectivity index is 2.07. The number of para-hydroxylation sites is 1. The predicted molar refractivity (Wildman–Crippen MR) is 82.3 cm³/mol. The molecular weight excluding hydrogens is 341 g/mol. The van der Waals surface area contributed by atoms with Crippen molar-refractivity contribution in [2.75, 3.05) is 0 Å². The third-order valence-electron chi connectivity index (χ3n) is 2.84. The molecule has 0 aliphatic rings. The van der Waals surface area contributed by atoms with Crippen molar-refractivity contribution in [2.24, 2.45) is 0 Å². The first-order valence-electron chi connectivity index (χ1n) is 5.84. The van der Waals surface area contributed by atoms with Crippen molar-refractivity contribution in [3.05, 3.63) is 58.1 Å². The van der Waals surface area contributed by atoms with Crippen LogP contribution in [0.3, 0.4) is 0 Å². The molecule has 0 fully saturated rings. The van der Waals surface area contributed by atoms with E-state index in [1.807, 2.05) is 6.07 Å². The number of halogens is 2. The fourth-order valence-corrected chi connectivity index (χ4v) is 3.08. The van der Waals surface area contributed by atoms with Crippen LogP contribution < -0.4 is 0 Å². The molecule has 0 unspecified atom stereocenters. The van der Waals surface area contributed by atoms with Crippen molar-refractivity contribution in [2.45, 2.75) is 0 Å². The summed E-state index contributed by atoms with van der Waals surface area (Å²) in [6.07, 6.45) is 0. The Bertz CT molecular complexity index is 772. The van der Waals surface area contributed by atoms with Crippen molar-refractivity contribution in [3.8, 4) is 27.6 Å². The highest BCUT2D eigenvalue weighted by Gasteiger charge is 2.12. The van der Waals surface area contributed by atoms with Gasteiger partial charge in [-0.25, -0.2) is 9.37 Å². The molecule has 1 aromatic heterocycles. The Morgan fingerprint density at radius 1 is 1.10 bits per heavy atom. The van der Waals surface area contributed by atoms with Crippen LogP contribution in [0.25, 0.3) is 21.8 Å². The highest BCUT2D eigenvalue weighted by atomic mass is 79.9. The monoisotopic (exact) mass is 349 g/mol. The van der Waals surface area contributed by atoms with E-state index >= 15 is 0 Å². The minimum Gasteiger partial charge on any atom is -0.507 e. The van der Waals surface area contributed by atoms with Crippen molar-refractivity contribution >= 4 is 27.3 Å². The van der Waals surface area contributed by atoms with E-state index in [4.69, 9.17) is 0 Å². The molecule has 2 nitrogen and oxygen atoms in total. The third-order valence-corrected chi connectivity index (χ3v) is 4.21. The number of nitrogens with zero attached hydrogens (tertiary/aromatic N) is 1. The lowest BCUT2D eigenvalue weighted by Crippen LogP contribution is -1.85. The molecule has 1 heterocycles. The topological polar surface area (TPSA) is 33.1 Å². The molecule has 1 N–H and O–H groups in total. The Labute approximate surface area is 127 Å². The van der Waals surface area contributed by atoms with Crippen molar-refractivity contribution in [1.82, 2.24) is 4.98 Å². The number of hydrogen-bond acceptors (Lipinski definition) is 3. The van der Waals surface area contributed by atoms with Gasteiger partial charge < -0.3 is 5.11 Å². The van der Waals surface area contributed by atoms with Crippen molar-refractivity contribution in [3.63, 3.8) is 0 Å². The van der Waals surface area contributed by atoms with E-state index in [9.17, 15) is 9.50 Å². The molecule has 0 aliphatic heterocycles. The molecule has 2 aromatic carbocycles. The maximum Gasteiger partial charge on any atom is 0.132 e. The Morgan fingerprint density at radius 2 is 1.90 bits per heavy atom. The molecule has 0 saturated carbocycles. The van der Waals surface area contributed by atoms with E-state index in [-0.39, 0.29) is 11.6 Å². The van der Waals surface area contributed by atoms with Gasteiger partial charge in [0.2, 0.25) is 0 Å². The minimum absolute atomic E-state index is 0.170. The van der Waals surface area contributed by atoms with E-state index in [2.05, 4.69) is 20.9 Å². The second kappa shape index (κ2) is 5.34. The van der Waals surface area contributed by atoms with Gasteiger partial charge >= 0.3 is 0 Å². The van der Waals surface area contributed by atoms with Gasteiger partial charge in [0.1, 0.15) is 16.6 Å². The van der Waals surface area contributed by atoms with Gasteiger partial charge in [-0.15, -0.1) is 11.3 Å². The van der Waals surface area contributed by atoms with Gasteiger partial charge in [0.25, 0.3) is 0 Å². The zero-order valence-corrected chi connectivity index (χ0v) is 12.6. The molecule has 100 valence electrons. The molecular formula is C15H9BrFNOS. The first-order valence-corrected chi connectivity index (χ1v) is 7.52. The molecule has 0 spiro atoms. The second-order valence-electron chi connectivity index (χ2n) is 4.18. The molecule has 0 radical (unpaired) electrons. The van der Waals surface area contributed by atoms with Gasteiger partial charge in [0.05, 0.1) is 11.3 Å². The van der Waals surface area contributed by atoms with Gasteiger partial charge in [-0.3, -0.25) is 0 Å². The lowest BCUT2D eigenvalue weighted by molar-refractivity contribution is 0.477. The van der Waals surface area contributed by atoms with E-state index in [1.165, 1.54) is 17.4 Å². The summed E-state index contributed by atoms with van der Waals surface area (Å²) in [6, 6.07) is 11.7. The SMILES string of the molecule is Oc1ccccc1-c1nc(-c2cc(Br)ccc2F)cs1. The summed E-state index contributed by atoms with van der Waals surface area (Å²) in [7, 11) is 0.